The van der Waals surface area contributed by atoms with Gasteiger partial charge in [-0.25, -0.2) is 9.78 Å². The van der Waals surface area contributed by atoms with Crippen molar-refractivity contribution in [2.24, 2.45) is 0 Å². The van der Waals surface area contributed by atoms with Gasteiger partial charge < -0.3 is 5.11 Å². The Kier molecular flexibility index (Phi) is 3.57. The summed E-state index contributed by atoms with van der Waals surface area (Å²) in [6.07, 6.45) is 2.88. The molecule has 0 saturated carbocycles. The molecule has 1 N–H and O–H groups in total. The standard InChI is InChI=1S/C12H9BrN2O3/c13-10-5-8(12(17)18)1-2-9(10)6-15-7-14-4-3-11(15)16/h1-5,7H,6H2,(H,17,18). The summed E-state index contributed by atoms with van der Waals surface area (Å²) >= 11 is 3.30. The smallest absolute Gasteiger partial charge is 0.335 e. The van der Waals surface area contributed by atoms with Crippen molar-refractivity contribution < 1.29 is 9.90 Å². The predicted octanol–water partition coefficient (Wildman–Crippen LogP) is 1.75. The van der Waals surface area contributed by atoms with Crippen molar-refractivity contribution in [1.82, 2.24) is 9.55 Å². The Morgan fingerprint density at radius 1 is 1.39 bits per heavy atom. The number of aromatic nitrogens is 2. The Labute approximate surface area is 111 Å². The van der Waals surface area contributed by atoms with Crippen LogP contribution in [-0.4, -0.2) is 20.6 Å². The van der Waals surface area contributed by atoms with Crippen LogP contribution < -0.4 is 5.56 Å². The van der Waals surface area contributed by atoms with Crippen LogP contribution >= 0.6 is 15.9 Å². The van der Waals surface area contributed by atoms with E-state index in [2.05, 4.69) is 20.9 Å². The number of hydrogen-bond donors (Lipinski definition) is 1. The molecule has 0 fully saturated rings. The van der Waals surface area contributed by atoms with Crippen LogP contribution in [0.1, 0.15) is 15.9 Å². The second-order valence-corrected chi connectivity index (χ2v) is 4.51. The first-order valence-corrected chi connectivity index (χ1v) is 5.89. The van der Waals surface area contributed by atoms with Crippen LogP contribution in [0.15, 0.2) is 46.1 Å². The summed E-state index contributed by atoms with van der Waals surface area (Å²) in [7, 11) is 0. The van der Waals surface area contributed by atoms with Gasteiger partial charge in [-0.15, -0.1) is 0 Å². The van der Waals surface area contributed by atoms with Crippen LogP contribution in [0, 0.1) is 0 Å². The van der Waals surface area contributed by atoms with Gasteiger partial charge in [0.1, 0.15) is 0 Å². The highest BCUT2D eigenvalue weighted by Gasteiger charge is 2.07. The maximum atomic E-state index is 11.5. The largest absolute Gasteiger partial charge is 0.478 e. The van der Waals surface area contributed by atoms with Gasteiger partial charge in [0.2, 0.25) is 0 Å². The molecule has 0 spiro atoms. The molecule has 5 nitrogen and oxygen atoms in total. The van der Waals surface area contributed by atoms with Gasteiger partial charge in [-0.2, -0.15) is 0 Å². The molecule has 1 aromatic heterocycles. The lowest BCUT2D eigenvalue weighted by Crippen LogP contribution is -2.19. The van der Waals surface area contributed by atoms with Crippen molar-refractivity contribution in [2.75, 3.05) is 0 Å². The summed E-state index contributed by atoms with van der Waals surface area (Å²) in [6.45, 7) is 0.340. The number of rotatable bonds is 3. The van der Waals surface area contributed by atoms with E-state index in [1.54, 1.807) is 6.07 Å². The number of carboxylic acids is 1. The van der Waals surface area contributed by atoms with Gasteiger partial charge in [0.15, 0.2) is 0 Å². The van der Waals surface area contributed by atoms with Crippen LogP contribution in [0.25, 0.3) is 0 Å². The fourth-order valence-electron chi connectivity index (χ4n) is 1.49. The molecule has 2 rings (SSSR count). The predicted molar refractivity (Wildman–Crippen MR) is 68.7 cm³/mol. The fraction of sp³-hybridized carbons (Fsp3) is 0.0833. The molecule has 0 radical (unpaired) electrons. The highest BCUT2D eigenvalue weighted by atomic mass is 79.9. The average Bonchev–Trinajstić information content (AvgIpc) is 2.34. The third-order valence-electron chi connectivity index (χ3n) is 2.43. The van der Waals surface area contributed by atoms with Crippen molar-refractivity contribution in [3.63, 3.8) is 0 Å². The van der Waals surface area contributed by atoms with E-state index in [0.29, 0.717) is 11.0 Å². The Balaban J connectivity index is 2.33. The van der Waals surface area contributed by atoms with Gasteiger partial charge in [-0.1, -0.05) is 22.0 Å². The lowest BCUT2D eigenvalue weighted by atomic mass is 10.1. The highest BCUT2D eigenvalue weighted by molar-refractivity contribution is 9.10. The Morgan fingerprint density at radius 2 is 2.17 bits per heavy atom. The highest BCUT2D eigenvalue weighted by Crippen LogP contribution is 2.19. The van der Waals surface area contributed by atoms with E-state index in [9.17, 15) is 9.59 Å². The van der Waals surface area contributed by atoms with E-state index in [1.807, 2.05) is 0 Å². The molecule has 0 amide bonds. The maximum Gasteiger partial charge on any atom is 0.335 e. The van der Waals surface area contributed by atoms with Crippen LogP contribution in [0.2, 0.25) is 0 Å². The lowest BCUT2D eigenvalue weighted by Gasteiger charge is -2.07. The number of halogens is 1. The third-order valence-corrected chi connectivity index (χ3v) is 3.17. The molecule has 0 bridgehead atoms. The molecule has 0 aliphatic rings. The Morgan fingerprint density at radius 3 is 2.78 bits per heavy atom. The fourth-order valence-corrected chi connectivity index (χ4v) is 1.99. The van der Waals surface area contributed by atoms with E-state index >= 15 is 0 Å². The summed E-state index contributed by atoms with van der Waals surface area (Å²) in [5.74, 6) is -0.985. The first-order chi connectivity index (χ1) is 8.58. The van der Waals surface area contributed by atoms with Crippen LogP contribution in [0.3, 0.4) is 0 Å². The molecule has 0 atom stereocenters. The van der Waals surface area contributed by atoms with Gasteiger partial charge in [-0.05, 0) is 17.7 Å². The van der Waals surface area contributed by atoms with Crippen LogP contribution in [-0.2, 0) is 6.54 Å². The van der Waals surface area contributed by atoms with Crippen molar-refractivity contribution >= 4 is 21.9 Å². The van der Waals surface area contributed by atoms with E-state index in [-0.39, 0.29) is 11.1 Å². The minimum atomic E-state index is -0.985. The van der Waals surface area contributed by atoms with E-state index in [4.69, 9.17) is 5.11 Å². The molecule has 1 aromatic carbocycles. The minimum Gasteiger partial charge on any atom is -0.478 e. The molecule has 6 heteroatoms. The van der Waals surface area contributed by atoms with Crippen molar-refractivity contribution in [1.29, 1.82) is 0 Å². The molecule has 2 aromatic rings. The first-order valence-electron chi connectivity index (χ1n) is 5.10. The molecule has 92 valence electrons. The number of aromatic carboxylic acids is 1. The van der Waals surface area contributed by atoms with Gasteiger partial charge in [0.25, 0.3) is 5.56 Å². The summed E-state index contributed by atoms with van der Waals surface area (Å²) in [4.78, 5) is 26.2. The first kappa shape index (κ1) is 12.5. The lowest BCUT2D eigenvalue weighted by molar-refractivity contribution is 0.0697. The van der Waals surface area contributed by atoms with Crippen molar-refractivity contribution in [3.05, 3.63) is 62.7 Å². The van der Waals surface area contributed by atoms with Crippen LogP contribution in [0.5, 0.6) is 0 Å². The van der Waals surface area contributed by atoms with Crippen LogP contribution in [0.4, 0.5) is 0 Å². The molecular formula is C12H9BrN2O3. The zero-order valence-corrected chi connectivity index (χ0v) is 10.8. The summed E-state index contributed by atoms with van der Waals surface area (Å²) in [5.41, 5.74) is 0.860. The molecule has 0 saturated heterocycles. The van der Waals surface area contributed by atoms with Gasteiger partial charge in [-0.3, -0.25) is 9.36 Å². The van der Waals surface area contributed by atoms with E-state index in [1.165, 1.54) is 35.3 Å². The molecule has 0 unspecified atom stereocenters. The molecule has 0 aliphatic heterocycles. The third kappa shape index (κ3) is 2.65. The van der Waals surface area contributed by atoms with Crippen molar-refractivity contribution in [3.8, 4) is 0 Å². The van der Waals surface area contributed by atoms with Crippen molar-refractivity contribution in [2.45, 2.75) is 6.54 Å². The Hall–Kier alpha value is -1.95. The maximum absolute atomic E-state index is 11.5. The Bertz CT molecular complexity index is 652. The van der Waals surface area contributed by atoms with Gasteiger partial charge in [0.05, 0.1) is 18.4 Å². The number of nitrogens with zero attached hydrogens (tertiary/aromatic N) is 2. The summed E-state index contributed by atoms with van der Waals surface area (Å²) in [6, 6.07) is 6.06. The second-order valence-electron chi connectivity index (χ2n) is 3.66. The zero-order chi connectivity index (χ0) is 13.1. The van der Waals surface area contributed by atoms with E-state index in [0.717, 1.165) is 5.56 Å². The van der Waals surface area contributed by atoms with Gasteiger partial charge >= 0.3 is 5.97 Å². The molecular weight excluding hydrogens is 300 g/mol. The molecule has 18 heavy (non-hydrogen) atoms. The second kappa shape index (κ2) is 5.14. The number of benzene rings is 1. The number of hydrogen-bond acceptors (Lipinski definition) is 3. The van der Waals surface area contributed by atoms with Gasteiger partial charge in [0, 0.05) is 16.7 Å². The number of carbonyl (C=O) groups is 1. The zero-order valence-electron chi connectivity index (χ0n) is 9.21. The summed E-state index contributed by atoms with van der Waals surface area (Å²) < 4.78 is 2.10. The summed E-state index contributed by atoms with van der Waals surface area (Å²) in [5, 5.41) is 8.85. The topological polar surface area (TPSA) is 72.2 Å². The monoisotopic (exact) mass is 308 g/mol. The normalized spacial score (nSPS) is 10.3. The average molecular weight is 309 g/mol. The quantitative estimate of drug-likeness (QED) is 0.937. The molecule has 1 heterocycles. The molecule has 0 aliphatic carbocycles. The van der Waals surface area contributed by atoms with E-state index < -0.39 is 5.97 Å². The SMILES string of the molecule is O=C(O)c1ccc(Cn2cnccc2=O)c(Br)c1. The number of carboxylic acid groups (broad SMARTS) is 1. The minimum absolute atomic E-state index is 0.154.